The SMILES string of the molecule is CC(O)c1ccc(NC(=O)c2cnc3c(c2)ncn3C2CCCC2)cc1. The third-order valence-electron chi connectivity index (χ3n) is 5.04. The summed E-state index contributed by atoms with van der Waals surface area (Å²) >= 11 is 0. The largest absolute Gasteiger partial charge is 0.389 e. The van der Waals surface area contributed by atoms with E-state index in [1.165, 1.54) is 12.8 Å². The number of aliphatic hydroxyl groups excluding tert-OH is 1. The first kappa shape index (κ1) is 16.7. The maximum Gasteiger partial charge on any atom is 0.257 e. The van der Waals surface area contributed by atoms with E-state index < -0.39 is 6.10 Å². The molecule has 6 nitrogen and oxygen atoms in total. The van der Waals surface area contributed by atoms with Crippen LogP contribution in [-0.2, 0) is 0 Å². The Labute approximate surface area is 151 Å². The van der Waals surface area contributed by atoms with Crippen LogP contribution in [0.4, 0.5) is 5.69 Å². The van der Waals surface area contributed by atoms with Crippen LogP contribution >= 0.6 is 0 Å². The predicted molar refractivity (Wildman–Crippen MR) is 100 cm³/mol. The number of carbonyl (C=O) groups excluding carboxylic acids is 1. The summed E-state index contributed by atoms with van der Waals surface area (Å²) < 4.78 is 2.14. The van der Waals surface area contributed by atoms with Gasteiger partial charge in [0.15, 0.2) is 5.65 Å². The van der Waals surface area contributed by atoms with Gasteiger partial charge in [-0.15, -0.1) is 0 Å². The van der Waals surface area contributed by atoms with Crippen LogP contribution in [0.3, 0.4) is 0 Å². The third-order valence-corrected chi connectivity index (χ3v) is 5.04. The molecule has 1 unspecified atom stereocenters. The van der Waals surface area contributed by atoms with Gasteiger partial charge in [-0.1, -0.05) is 25.0 Å². The number of imidazole rings is 1. The highest BCUT2D eigenvalue weighted by atomic mass is 16.3. The van der Waals surface area contributed by atoms with Gasteiger partial charge in [0, 0.05) is 17.9 Å². The molecule has 2 heterocycles. The van der Waals surface area contributed by atoms with Crippen molar-refractivity contribution in [2.75, 3.05) is 5.32 Å². The molecule has 2 N–H and O–H groups in total. The Kier molecular flexibility index (Phi) is 4.42. The van der Waals surface area contributed by atoms with E-state index >= 15 is 0 Å². The van der Waals surface area contributed by atoms with Gasteiger partial charge in [-0.2, -0.15) is 0 Å². The summed E-state index contributed by atoms with van der Waals surface area (Å²) in [7, 11) is 0. The molecule has 1 amide bonds. The summed E-state index contributed by atoms with van der Waals surface area (Å²) in [5, 5.41) is 12.4. The van der Waals surface area contributed by atoms with Crippen LogP contribution in [0.15, 0.2) is 42.9 Å². The lowest BCUT2D eigenvalue weighted by atomic mass is 10.1. The summed E-state index contributed by atoms with van der Waals surface area (Å²) in [6.45, 7) is 1.71. The van der Waals surface area contributed by atoms with Gasteiger partial charge >= 0.3 is 0 Å². The molecule has 1 aliphatic rings. The summed E-state index contributed by atoms with van der Waals surface area (Å²) in [6, 6.07) is 9.41. The normalized spacial score (nSPS) is 16.1. The van der Waals surface area contributed by atoms with Crippen LogP contribution in [0, 0.1) is 0 Å². The van der Waals surface area contributed by atoms with Crippen LogP contribution in [0.25, 0.3) is 11.2 Å². The van der Waals surface area contributed by atoms with Crippen molar-refractivity contribution in [3.63, 3.8) is 0 Å². The monoisotopic (exact) mass is 350 g/mol. The summed E-state index contributed by atoms with van der Waals surface area (Å²) in [4.78, 5) is 21.4. The molecule has 134 valence electrons. The molecule has 3 aromatic rings. The third kappa shape index (κ3) is 3.20. The molecule has 1 atom stereocenters. The van der Waals surface area contributed by atoms with Gasteiger partial charge in [-0.05, 0) is 43.5 Å². The Morgan fingerprint density at radius 2 is 1.96 bits per heavy atom. The van der Waals surface area contributed by atoms with E-state index in [0.717, 1.165) is 29.6 Å². The highest BCUT2D eigenvalue weighted by molar-refractivity contribution is 6.05. The fourth-order valence-electron chi connectivity index (χ4n) is 3.54. The van der Waals surface area contributed by atoms with Gasteiger partial charge in [0.2, 0.25) is 0 Å². The summed E-state index contributed by atoms with van der Waals surface area (Å²) in [6.07, 6.45) is 7.74. The molecule has 0 saturated heterocycles. The number of pyridine rings is 1. The number of rotatable bonds is 4. The maximum absolute atomic E-state index is 12.5. The topological polar surface area (TPSA) is 80.0 Å². The van der Waals surface area contributed by atoms with Crippen molar-refractivity contribution in [1.82, 2.24) is 14.5 Å². The molecule has 6 heteroatoms. The van der Waals surface area contributed by atoms with Crippen LogP contribution in [0.1, 0.15) is 60.7 Å². The number of fused-ring (bicyclic) bond motifs is 1. The zero-order valence-electron chi connectivity index (χ0n) is 14.7. The Morgan fingerprint density at radius 3 is 2.65 bits per heavy atom. The number of aliphatic hydroxyl groups is 1. The second-order valence-corrected chi connectivity index (χ2v) is 6.91. The second-order valence-electron chi connectivity index (χ2n) is 6.91. The van der Waals surface area contributed by atoms with Gasteiger partial charge in [0.25, 0.3) is 5.91 Å². The minimum absolute atomic E-state index is 0.223. The van der Waals surface area contributed by atoms with Crippen molar-refractivity contribution < 1.29 is 9.90 Å². The zero-order chi connectivity index (χ0) is 18.1. The predicted octanol–water partition coefficient (Wildman–Crippen LogP) is 3.85. The van der Waals surface area contributed by atoms with E-state index in [0.29, 0.717) is 17.3 Å². The number of nitrogens with one attached hydrogen (secondary N) is 1. The van der Waals surface area contributed by atoms with Crippen molar-refractivity contribution in [3.8, 4) is 0 Å². The molecule has 2 aromatic heterocycles. The number of aromatic nitrogens is 3. The van der Waals surface area contributed by atoms with Gasteiger partial charge < -0.3 is 15.0 Å². The van der Waals surface area contributed by atoms with E-state index in [2.05, 4.69) is 19.9 Å². The molecule has 1 aromatic carbocycles. The van der Waals surface area contributed by atoms with Crippen LogP contribution in [0.5, 0.6) is 0 Å². The minimum atomic E-state index is -0.527. The Hall–Kier alpha value is -2.73. The van der Waals surface area contributed by atoms with Crippen LogP contribution in [-0.4, -0.2) is 25.5 Å². The van der Waals surface area contributed by atoms with E-state index in [9.17, 15) is 9.90 Å². The van der Waals surface area contributed by atoms with Crippen molar-refractivity contribution in [1.29, 1.82) is 0 Å². The number of carbonyl (C=O) groups is 1. The molecule has 26 heavy (non-hydrogen) atoms. The second kappa shape index (κ2) is 6.88. The van der Waals surface area contributed by atoms with Gasteiger partial charge in [0.1, 0.15) is 5.52 Å². The van der Waals surface area contributed by atoms with E-state index in [-0.39, 0.29) is 5.91 Å². The highest BCUT2D eigenvalue weighted by Gasteiger charge is 2.20. The van der Waals surface area contributed by atoms with Crippen LogP contribution < -0.4 is 5.32 Å². The molecule has 0 aliphatic heterocycles. The van der Waals surface area contributed by atoms with Crippen LogP contribution in [0.2, 0.25) is 0 Å². The number of amides is 1. The smallest absolute Gasteiger partial charge is 0.257 e. The Bertz CT molecular complexity index is 925. The molecule has 1 aliphatic carbocycles. The van der Waals surface area contributed by atoms with Crippen molar-refractivity contribution in [3.05, 3.63) is 54.0 Å². The van der Waals surface area contributed by atoms with E-state index in [4.69, 9.17) is 0 Å². The first-order valence-electron chi connectivity index (χ1n) is 9.04. The molecular formula is C20H22N4O2. The number of anilines is 1. The maximum atomic E-state index is 12.5. The summed E-state index contributed by atoms with van der Waals surface area (Å²) in [5.41, 5.74) is 3.55. The molecule has 1 fully saturated rings. The first-order chi connectivity index (χ1) is 12.6. The number of hydrogen-bond acceptors (Lipinski definition) is 4. The molecule has 0 spiro atoms. The number of nitrogens with zero attached hydrogens (tertiary/aromatic N) is 3. The van der Waals surface area contributed by atoms with Crippen molar-refractivity contribution in [2.45, 2.75) is 44.8 Å². The number of benzene rings is 1. The lowest BCUT2D eigenvalue weighted by Crippen LogP contribution is -2.12. The molecule has 0 bridgehead atoms. The fraction of sp³-hybridized carbons (Fsp3) is 0.350. The van der Waals surface area contributed by atoms with Gasteiger partial charge in [-0.25, -0.2) is 9.97 Å². The van der Waals surface area contributed by atoms with Crippen molar-refractivity contribution in [2.24, 2.45) is 0 Å². The number of hydrogen-bond donors (Lipinski definition) is 2. The average Bonchev–Trinajstić information content (AvgIpc) is 3.30. The lowest BCUT2D eigenvalue weighted by Gasteiger charge is -2.11. The van der Waals surface area contributed by atoms with E-state index in [1.54, 1.807) is 43.5 Å². The minimum Gasteiger partial charge on any atom is -0.389 e. The standard InChI is InChI=1S/C20H22N4O2/c1-13(25)14-6-8-16(9-7-14)23-20(26)15-10-18-19(21-11-15)24(12-22-18)17-4-2-3-5-17/h6-13,17,25H,2-5H2,1H3,(H,23,26). The average molecular weight is 350 g/mol. The van der Waals surface area contributed by atoms with Crippen molar-refractivity contribution >= 4 is 22.8 Å². The molecule has 4 rings (SSSR count). The fourth-order valence-corrected chi connectivity index (χ4v) is 3.54. The first-order valence-corrected chi connectivity index (χ1v) is 9.04. The molecular weight excluding hydrogens is 328 g/mol. The lowest BCUT2D eigenvalue weighted by molar-refractivity contribution is 0.102. The molecule has 1 saturated carbocycles. The molecule has 0 radical (unpaired) electrons. The Balaban J connectivity index is 1.53. The quantitative estimate of drug-likeness (QED) is 0.749. The highest BCUT2D eigenvalue weighted by Crippen LogP contribution is 2.31. The summed E-state index contributed by atoms with van der Waals surface area (Å²) in [5.74, 6) is -0.223. The Morgan fingerprint density at radius 1 is 1.23 bits per heavy atom. The zero-order valence-corrected chi connectivity index (χ0v) is 14.7. The van der Waals surface area contributed by atoms with Gasteiger partial charge in [0.05, 0.1) is 18.0 Å². The van der Waals surface area contributed by atoms with E-state index in [1.807, 2.05) is 6.33 Å². The van der Waals surface area contributed by atoms with Gasteiger partial charge in [-0.3, -0.25) is 4.79 Å².